The molecule has 18 heavy (non-hydrogen) atoms. The van der Waals surface area contributed by atoms with Crippen LogP contribution in [0.25, 0.3) is 0 Å². The number of allylic oxidation sites excluding steroid dienone is 1. The van der Waals surface area contributed by atoms with Crippen molar-refractivity contribution in [3.8, 4) is 0 Å². The zero-order valence-corrected chi connectivity index (χ0v) is 11.7. The van der Waals surface area contributed by atoms with Crippen molar-refractivity contribution in [2.24, 2.45) is 0 Å². The smallest absolute Gasteiger partial charge is 0.208 e. The molecule has 0 amide bonds. The van der Waals surface area contributed by atoms with E-state index in [-0.39, 0.29) is 12.1 Å². The zero-order chi connectivity index (χ0) is 13.0. The number of hydrogen-bond acceptors (Lipinski definition) is 4. The van der Waals surface area contributed by atoms with Crippen LogP contribution in [0.5, 0.6) is 0 Å². The highest BCUT2D eigenvalue weighted by Gasteiger charge is 2.24. The van der Waals surface area contributed by atoms with Crippen LogP contribution in [0.3, 0.4) is 0 Å². The molecular weight excluding hydrogens is 252 g/mol. The average molecular weight is 274 g/mol. The maximum Gasteiger partial charge on any atom is 0.208 e. The second-order valence-electron chi connectivity index (χ2n) is 5.20. The van der Waals surface area contributed by atoms with E-state index in [1.807, 2.05) is 6.08 Å². The normalized spacial score (nSPS) is 30.1. The van der Waals surface area contributed by atoms with Gasteiger partial charge < -0.3 is 4.74 Å². The molecule has 0 unspecified atom stereocenters. The van der Waals surface area contributed by atoms with Crippen molar-refractivity contribution in [3.63, 3.8) is 0 Å². The highest BCUT2D eigenvalue weighted by Crippen LogP contribution is 2.16. The SMILES string of the molecule is CS(=O)(=O)N[C@H]1CCCN(C[C@H]2CCC=CO2)C1. The molecule has 5 nitrogen and oxygen atoms in total. The highest BCUT2D eigenvalue weighted by molar-refractivity contribution is 7.88. The molecule has 0 aromatic rings. The molecule has 1 fully saturated rings. The Morgan fingerprint density at radius 3 is 2.94 bits per heavy atom. The second-order valence-corrected chi connectivity index (χ2v) is 6.98. The number of nitrogens with one attached hydrogen (secondary N) is 1. The third-order valence-electron chi connectivity index (χ3n) is 3.37. The Bertz CT molecular complexity index is 394. The maximum absolute atomic E-state index is 11.2. The van der Waals surface area contributed by atoms with Gasteiger partial charge in [0.25, 0.3) is 0 Å². The van der Waals surface area contributed by atoms with E-state index >= 15 is 0 Å². The van der Waals surface area contributed by atoms with Crippen molar-refractivity contribution in [3.05, 3.63) is 12.3 Å². The Hall–Kier alpha value is -0.590. The first-order valence-corrected chi connectivity index (χ1v) is 8.42. The van der Waals surface area contributed by atoms with Gasteiger partial charge in [-0.25, -0.2) is 13.1 Å². The van der Waals surface area contributed by atoms with Crippen LogP contribution in [0, 0.1) is 0 Å². The van der Waals surface area contributed by atoms with E-state index in [2.05, 4.69) is 9.62 Å². The molecule has 2 atom stereocenters. The number of rotatable bonds is 4. The molecule has 0 aliphatic carbocycles. The van der Waals surface area contributed by atoms with Crippen molar-refractivity contribution in [1.29, 1.82) is 0 Å². The summed E-state index contributed by atoms with van der Waals surface area (Å²) in [5, 5.41) is 0. The van der Waals surface area contributed by atoms with Gasteiger partial charge in [-0.05, 0) is 38.3 Å². The Morgan fingerprint density at radius 2 is 2.28 bits per heavy atom. The summed E-state index contributed by atoms with van der Waals surface area (Å²) in [6, 6.07) is 0.0490. The minimum Gasteiger partial charge on any atom is -0.497 e. The lowest BCUT2D eigenvalue weighted by molar-refractivity contribution is 0.0667. The average Bonchev–Trinajstić information content (AvgIpc) is 2.28. The standard InChI is InChI=1S/C12H22N2O3S/c1-18(15,16)13-11-5-4-7-14(9-11)10-12-6-2-3-8-17-12/h3,8,11-13H,2,4-7,9-10H2,1H3/t11-,12+/m0/s1. The van der Waals surface area contributed by atoms with E-state index in [1.54, 1.807) is 6.26 Å². The van der Waals surface area contributed by atoms with Gasteiger partial charge in [0.2, 0.25) is 10.0 Å². The molecule has 1 saturated heterocycles. The fraction of sp³-hybridized carbons (Fsp3) is 0.833. The summed E-state index contributed by atoms with van der Waals surface area (Å²) in [6.45, 7) is 2.72. The van der Waals surface area contributed by atoms with E-state index < -0.39 is 10.0 Å². The minimum atomic E-state index is -3.10. The van der Waals surface area contributed by atoms with E-state index in [0.29, 0.717) is 0 Å². The van der Waals surface area contributed by atoms with E-state index in [0.717, 1.165) is 45.3 Å². The molecule has 0 aromatic heterocycles. The second kappa shape index (κ2) is 6.04. The zero-order valence-electron chi connectivity index (χ0n) is 10.8. The molecule has 104 valence electrons. The van der Waals surface area contributed by atoms with Gasteiger partial charge in [-0.3, -0.25) is 4.90 Å². The summed E-state index contributed by atoms with van der Waals surface area (Å²) in [7, 11) is -3.10. The van der Waals surface area contributed by atoms with Gasteiger partial charge in [-0.1, -0.05) is 0 Å². The van der Waals surface area contributed by atoms with Crippen molar-refractivity contribution < 1.29 is 13.2 Å². The molecule has 6 heteroatoms. The van der Waals surface area contributed by atoms with Crippen molar-refractivity contribution in [2.75, 3.05) is 25.9 Å². The van der Waals surface area contributed by atoms with Gasteiger partial charge in [0.1, 0.15) is 6.10 Å². The van der Waals surface area contributed by atoms with Crippen LogP contribution in [-0.2, 0) is 14.8 Å². The van der Waals surface area contributed by atoms with Crippen molar-refractivity contribution in [2.45, 2.75) is 37.8 Å². The minimum absolute atomic E-state index is 0.0490. The highest BCUT2D eigenvalue weighted by atomic mass is 32.2. The quantitative estimate of drug-likeness (QED) is 0.819. The van der Waals surface area contributed by atoms with Crippen LogP contribution >= 0.6 is 0 Å². The molecule has 1 N–H and O–H groups in total. The number of piperidine rings is 1. The summed E-state index contributed by atoms with van der Waals surface area (Å²) in [6.07, 6.45) is 9.39. The molecule has 0 bridgehead atoms. The van der Waals surface area contributed by atoms with Crippen LogP contribution in [0.15, 0.2) is 12.3 Å². The van der Waals surface area contributed by atoms with Gasteiger partial charge in [0.05, 0.1) is 12.5 Å². The molecular formula is C12H22N2O3S. The summed E-state index contributed by atoms with van der Waals surface area (Å²) >= 11 is 0. The van der Waals surface area contributed by atoms with Crippen molar-refractivity contribution >= 4 is 10.0 Å². The molecule has 2 aliphatic heterocycles. The summed E-state index contributed by atoms with van der Waals surface area (Å²) < 4.78 is 30.7. The summed E-state index contributed by atoms with van der Waals surface area (Å²) in [5.74, 6) is 0. The number of sulfonamides is 1. The lowest BCUT2D eigenvalue weighted by atomic mass is 10.1. The van der Waals surface area contributed by atoms with Crippen LogP contribution in [-0.4, -0.2) is 51.4 Å². The predicted octanol–water partition coefficient (Wildman–Crippen LogP) is 0.693. The lowest BCUT2D eigenvalue weighted by Gasteiger charge is -2.35. The van der Waals surface area contributed by atoms with E-state index in [1.165, 1.54) is 6.26 Å². The maximum atomic E-state index is 11.2. The number of likely N-dealkylation sites (tertiary alicyclic amines) is 1. The fourth-order valence-corrected chi connectivity index (χ4v) is 3.43. The Kier molecular flexibility index (Phi) is 4.64. The predicted molar refractivity (Wildman–Crippen MR) is 70.7 cm³/mol. The lowest BCUT2D eigenvalue weighted by Crippen LogP contribution is -2.49. The van der Waals surface area contributed by atoms with Crippen molar-refractivity contribution in [1.82, 2.24) is 9.62 Å². The molecule has 0 saturated carbocycles. The Balaban J connectivity index is 1.81. The van der Waals surface area contributed by atoms with Crippen LogP contribution in [0.1, 0.15) is 25.7 Å². The monoisotopic (exact) mass is 274 g/mol. The first-order valence-electron chi connectivity index (χ1n) is 6.53. The van der Waals surface area contributed by atoms with Crippen LogP contribution in [0.2, 0.25) is 0 Å². The van der Waals surface area contributed by atoms with Gasteiger partial charge in [-0.2, -0.15) is 0 Å². The molecule has 2 aliphatic rings. The van der Waals surface area contributed by atoms with Gasteiger partial charge in [0, 0.05) is 19.1 Å². The van der Waals surface area contributed by atoms with E-state index in [9.17, 15) is 8.42 Å². The summed E-state index contributed by atoms with van der Waals surface area (Å²) in [4.78, 5) is 2.30. The number of hydrogen-bond donors (Lipinski definition) is 1. The van der Waals surface area contributed by atoms with Gasteiger partial charge in [-0.15, -0.1) is 0 Å². The number of ether oxygens (including phenoxy) is 1. The largest absolute Gasteiger partial charge is 0.497 e. The van der Waals surface area contributed by atoms with Crippen LogP contribution in [0.4, 0.5) is 0 Å². The molecule has 0 spiro atoms. The number of nitrogens with zero attached hydrogens (tertiary/aromatic N) is 1. The fourth-order valence-electron chi connectivity index (χ4n) is 2.63. The molecule has 2 heterocycles. The van der Waals surface area contributed by atoms with E-state index in [4.69, 9.17) is 4.74 Å². The Morgan fingerprint density at radius 1 is 1.44 bits per heavy atom. The molecule has 0 aromatic carbocycles. The first-order chi connectivity index (χ1) is 8.53. The van der Waals surface area contributed by atoms with Gasteiger partial charge in [0.15, 0.2) is 0 Å². The third kappa shape index (κ3) is 4.59. The summed E-state index contributed by atoms with van der Waals surface area (Å²) in [5.41, 5.74) is 0. The Labute approximate surface area is 109 Å². The van der Waals surface area contributed by atoms with Gasteiger partial charge >= 0.3 is 0 Å². The first kappa shape index (κ1) is 13.8. The third-order valence-corrected chi connectivity index (χ3v) is 4.13. The van der Waals surface area contributed by atoms with Crippen LogP contribution < -0.4 is 4.72 Å². The molecule has 0 radical (unpaired) electrons. The topological polar surface area (TPSA) is 58.6 Å². The molecule has 2 rings (SSSR count).